The third-order valence-corrected chi connectivity index (χ3v) is 3.52. The highest BCUT2D eigenvalue weighted by Crippen LogP contribution is 2.24. The Morgan fingerprint density at radius 3 is 2.41 bits per heavy atom. The van der Waals surface area contributed by atoms with Crippen molar-refractivity contribution in [1.82, 2.24) is 9.97 Å². The molecule has 2 aromatic carbocycles. The summed E-state index contributed by atoms with van der Waals surface area (Å²) in [6.45, 7) is 5.19. The van der Waals surface area contributed by atoms with E-state index >= 15 is 0 Å². The Hall–Kier alpha value is -3.22. The van der Waals surface area contributed by atoms with Crippen LogP contribution in [0.5, 0.6) is 17.4 Å². The molecule has 0 aliphatic carbocycles. The van der Waals surface area contributed by atoms with E-state index in [1.807, 2.05) is 0 Å². The molecule has 1 heterocycles. The second-order valence-corrected chi connectivity index (χ2v) is 6.16. The molecule has 0 aliphatic heterocycles. The maximum atomic E-state index is 13.2. The summed E-state index contributed by atoms with van der Waals surface area (Å²) >= 11 is 0. The van der Waals surface area contributed by atoms with Gasteiger partial charge in [-0.25, -0.2) is 19.2 Å². The predicted octanol–water partition coefficient (Wildman–Crippen LogP) is 4.28. The molecule has 3 rings (SSSR count). The average molecular weight is 370 g/mol. The third-order valence-electron chi connectivity index (χ3n) is 3.52. The Morgan fingerprint density at radius 1 is 1.00 bits per heavy atom. The van der Waals surface area contributed by atoms with Crippen molar-refractivity contribution in [2.24, 2.45) is 0 Å². The number of hydrogen-bond acceptors (Lipinski definition) is 6. The van der Waals surface area contributed by atoms with E-state index in [2.05, 4.69) is 9.97 Å². The minimum atomic E-state index is -0.717. The zero-order chi connectivity index (χ0) is 19.4. The van der Waals surface area contributed by atoms with E-state index in [1.165, 1.54) is 18.3 Å². The van der Waals surface area contributed by atoms with Gasteiger partial charge in [0.25, 0.3) is 0 Å². The number of benzene rings is 2. The van der Waals surface area contributed by atoms with Gasteiger partial charge in [0.05, 0.1) is 23.3 Å². The Bertz CT molecular complexity index is 944. The molecule has 0 saturated carbocycles. The van der Waals surface area contributed by atoms with Crippen LogP contribution in [0.4, 0.5) is 4.39 Å². The van der Waals surface area contributed by atoms with Gasteiger partial charge < -0.3 is 14.2 Å². The molecule has 27 heavy (non-hydrogen) atoms. The monoisotopic (exact) mass is 370 g/mol. The topological polar surface area (TPSA) is 70.5 Å². The number of nitrogens with zero attached hydrogens (tertiary/aromatic N) is 2. The quantitative estimate of drug-likeness (QED) is 0.603. The zero-order valence-corrected chi connectivity index (χ0v) is 15.2. The fraction of sp³-hybridized carbons (Fsp3) is 0.250. The van der Waals surface area contributed by atoms with Gasteiger partial charge in [0.2, 0.25) is 5.88 Å². The predicted molar refractivity (Wildman–Crippen MR) is 97.3 cm³/mol. The second-order valence-electron chi connectivity index (χ2n) is 6.16. The van der Waals surface area contributed by atoms with Gasteiger partial charge in [-0.15, -0.1) is 0 Å². The Balaban J connectivity index is 1.65. The van der Waals surface area contributed by atoms with Crippen molar-refractivity contribution in [3.8, 4) is 17.4 Å². The van der Waals surface area contributed by atoms with Crippen LogP contribution in [-0.4, -0.2) is 28.1 Å². The van der Waals surface area contributed by atoms with E-state index in [0.29, 0.717) is 22.5 Å². The van der Waals surface area contributed by atoms with E-state index in [-0.39, 0.29) is 17.8 Å². The number of rotatable bonds is 6. The highest BCUT2D eigenvalue weighted by molar-refractivity contribution is 5.75. The summed E-state index contributed by atoms with van der Waals surface area (Å²) in [6, 6.07) is 10.9. The van der Waals surface area contributed by atoms with E-state index in [9.17, 15) is 9.18 Å². The third kappa shape index (κ3) is 4.91. The number of ether oxygens (including phenoxy) is 3. The van der Waals surface area contributed by atoms with Crippen LogP contribution in [-0.2, 0) is 9.53 Å². The molecule has 140 valence electrons. The van der Waals surface area contributed by atoms with Crippen LogP contribution < -0.4 is 9.47 Å². The highest BCUT2D eigenvalue weighted by Gasteiger charge is 2.17. The Kier molecular flexibility index (Phi) is 5.49. The zero-order valence-electron chi connectivity index (χ0n) is 15.2. The Labute approximate surface area is 155 Å². The lowest BCUT2D eigenvalue weighted by atomic mass is 10.3. The van der Waals surface area contributed by atoms with Crippen molar-refractivity contribution in [1.29, 1.82) is 0 Å². The van der Waals surface area contributed by atoms with Crippen LogP contribution >= 0.6 is 0 Å². The molecule has 0 amide bonds. The van der Waals surface area contributed by atoms with Crippen molar-refractivity contribution in [2.75, 3.05) is 0 Å². The van der Waals surface area contributed by atoms with Gasteiger partial charge in [-0.1, -0.05) is 0 Å². The van der Waals surface area contributed by atoms with Crippen molar-refractivity contribution in [3.05, 3.63) is 54.5 Å². The smallest absolute Gasteiger partial charge is 0.347 e. The first-order valence-electron chi connectivity index (χ1n) is 8.48. The number of fused-ring (bicyclic) bond motifs is 1. The van der Waals surface area contributed by atoms with Crippen LogP contribution in [0, 0.1) is 5.82 Å². The fourth-order valence-electron chi connectivity index (χ4n) is 2.30. The number of carbonyl (C=O) groups excluding carboxylic acids is 1. The molecular weight excluding hydrogens is 351 g/mol. The van der Waals surface area contributed by atoms with Gasteiger partial charge in [-0.05, 0) is 57.2 Å². The van der Waals surface area contributed by atoms with E-state index in [0.717, 1.165) is 0 Å². The first-order valence-corrected chi connectivity index (χ1v) is 8.48. The molecule has 6 nitrogen and oxygen atoms in total. The molecule has 1 aromatic heterocycles. The van der Waals surface area contributed by atoms with E-state index < -0.39 is 12.1 Å². The summed E-state index contributed by atoms with van der Waals surface area (Å²) in [7, 11) is 0. The number of hydrogen-bond donors (Lipinski definition) is 0. The first kappa shape index (κ1) is 18.6. The molecule has 0 N–H and O–H groups in total. The van der Waals surface area contributed by atoms with Gasteiger partial charge in [0.15, 0.2) is 6.10 Å². The fourth-order valence-corrected chi connectivity index (χ4v) is 2.30. The van der Waals surface area contributed by atoms with Gasteiger partial charge in [-0.2, -0.15) is 0 Å². The standard InChI is InChI=1S/C20H19FN2O4/c1-12(2)25-20(24)13(3)26-15-5-7-16(8-6-15)27-19-11-22-18-10-14(21)4-9-17(18)23-19/h4-13H,1-3H3. The lowest BCUT2D eigenvalue weighted by Crippen LogP contribution is -2.28. The lowest BCUT2D eigenvalue weighted by molar-refractivity contribution is -0.154. The summed E-state index contributed by atoms with van der Waals surface area (Å²) < 4.78 is 29.5. The molecule has 0 saturated heterocycles. The normalized spacial score (nSPS) is 12.0. The molecule has 0 bridgehead atoms. The molecule has 1 atom stereocenters. The summed E-state index contributed by atoms with van der Waals surface area (Å²) in [5, 5.41) is 0. The Morgan fingerprint density at radius 2 is 1.70 bits per heavy atom. The van der Waals surface area contributed by atoms with Crippen LogP contribution in [0.1, 0.15) is 20.8 Å². The number of halogens is 1. The van der Waals surface area contributed by atoms with Crippen molar-refractivity contribution >= 4 is 17.0 Å². The number of esters is 1. The minimum Gasteiger partial charge on any atom is -0.479 e. The second kappa shape index (κ2) is 7.99. The van der Waals surface area contributed by atoms with Gasteiger partial charge >= 0.3 is 5.97 Å². The van der Waals surface area contributed by atoms with Crippen molar-refractivity contribution in [3.63, 3.8) is 0 Å². The van der Waals surface area contributed by atoms with Gasteiger partial charge in [-0.3, -0.25) is 0 Å². The minimum absolute atomic E-state index is 0.195. The molecule has 0 radical (unpaired) electrons. The molecule has 0 aliphatic rings. The number of aromatic nitrogens is 2. The van der Waals surface area contributed by atoms with Crippen LogP contribution in [0.3, 0.4) is 0 Å². The van der Waals surface area contributed by atoms with Crippen LogP contribution in [0.15, 0.2) is 48.7 Å². The van der Waals surface area contributed by atoms with Crippen LogP contribution in [0.2, 0.25) is 0 Å². The SMILES string of the molecule is CC(C)OC(=O)C(C)Oc1ccc(Oc2cnc3cc(F)ccc3n2)cc1. The van der Waals surface area contributed by atoms with Crippen LogP contribution in [0.25, 0.3) is 11.0 Å². The molecule has 0 fully saturated rings. The first-order chi connectivity index (χ1) is 12.9. The van der Waals surface area contributed by atoms with Crippen molar-refractivity contribution in [2.45, 2.75) is 33.0 Å². The highest BCUT2D eigenvalue weighted by atomic mass is 19.1. The molecule has 3 aromatic rings. The summed E-state index contributed by atoms with van der Waals surface area (Å²) in [6.07, 6.45) is 0.515. The maximum Gasteiger partial charge on any atom is 0.347 e. The molecule has 0 spiro atoms. The maximum absolute atomic E-state index is 13.2. The summed E-state index contributed by atoms with van der Waals surface area (Å²) in [5.41, 5.74) is 0.986. The lowest BCUT2D eigenvalue weighted by Gasteiger charge is -2.16. The van der Waals surface area contributed by atoms with Crippen molar-refractivity contribution < 1.29 is 23.4 Å². The van der Waals surface area contributed by atoms with Gasteiger partial charge in [0.1, 0.15) is 17.3 Å². The molecule has 7 heteroatoms. The average Bonchev–Trinajstić information content (AvgIpc) is 2.63. The molecular formula is C20H19FN2O4. The number of carbonyl (C=O) groups is 1. The largest absolute Gasteiger partial charge is 0.479 e. The van der Waals surface area contributed by atoms with Gasteiger partial charge in [0, 0.05) is 6.07 Å². The van der Waals surface area contributed by atoms with E-state index in [1.54, 1.807) is 51.1 Å². The molecule has 1 unspecified atom stereocenters. The van der Waals surface area contributed by atoms with E-state index in [4.69, 9.17) is 14.2 Å². The summed E-state index contributed by atoms with van der Waals surface area (Å²) in [5.74, 6) is 0.531. The summed E-state index contributed by atoms with van der Waals surface area (Å²) in [4.78, 5) is 20.2.